The second kappa shape index (κ2) is 5.93. The van der Waals surface area contributed by atoms with E-state index in [4.69, 9.17) is 18.6 Å². The molecule has 0 saturated heterocycles. The molecule has 0 aliphatic carbocycles. The summed E-state index contributed by atoms with van der Waals surface area (Å²) in [6.45, 7) is 4.33. The largest absolute Gasteiger partial charge is 0.222 e. The number of hydrogen-bond donors (Lipinski definition) is 0. The van der Waals surface area contributed by atoms with Gasteiger partial charge in [-0.15, -0.1) is 10.2 Å². The van der Waals surface area contributed by atoms with Crippen molar-refractivity contribution in [3.63, 3.8) is 0 Å². The zero-order chi connectivity index (χ0) is 15.6. The smallest absolute Gasteiger partial charge is 0.211 e. The Hall–Kier alpha value is -1.76. The molecule has 2 aromatic heterocycles. The number of benzene rings is 1. The number of halogens is 1. The number of hydrogen-bond acceptors (Lipinski definition) is 4. The van der Waals surface area contributed by atoms with Crippen LogP contribution in [0.5, 0.6) is 0 Å². The van der Waals surface area contributed by atoms with Crippen molar-refractivity contribution in [1.29, 1.82) is 0 Å². The molecule has 21 heavy (non-hydrogen) atoms. The van der Waals surface area contributed by atoms with Crippen molar-refractivity contribution in [2.75, 3.05) is 0 Å². The first-order chi connectivity index (χ1) is 9.75. The van der Waals surface area contributed by atoms with Crippen molar-refractivity contribution < 1.29 is 33.3 Å². The van der Waals surface area contributed by atoms with Gasteiger partial charge in [-0.05, 0) is 36.4 Å². The van der Waals surface area contributed by atoms with Gasteiger partial charge < -0.3 is 0 Å². The van der Waals surface area contributed by atoms with Crippen LogP contribution in [0.3, 0.4) is 0 Å². The van der Waals surface area contributed by atoms with E-state index in [0.717, 1.165) is 0 Å². The van der Waals surface area contributed by atoms with Crippen LogP contribution in [0.25, 0.3) is 16.3 Å². The van der Waals surface area contributed by atoms with Crippen LogP contribution in [0.1, 0.15) is 11.1 Å². The molecule has 0 amide bonds. The summed E-state index contributed by atoms with van der Waals surface area (Å²) in [5.74, 6) is 0. The van der Waals surface area contributed by atoms with Crippen molar-refractivity contribution in [2.45, 2.75) is 13.8 Å². The highest BCUT2D eigenvalue weighted by atomic mass is 35.7. The molecule has 0 aliphatic rings. The van der Waals surface area contributed by atoms with Crippen molar-refractivity contribution in [3.8, 4) is 0 Å². The van der Waals surface area contributed by atoms with E-state index < -0.39 is 10.2 Å². The number of aromatic nitrogens is 1. The van der Waals surface area contributed by atoms with Crippen LogP contribution in [-0.4, -0.2) is 0 Å². The monoisotopic (exact) mass is 307 g/mol. The molecule has 5 nitrogen and oxygen atoms in total. The molecule has 0 aliphatic heterocycles. The zero-order valence-electron chi connectivity index (χ0n) is 11.6. The first-order valence-electron chi connectivity index (χ1n) is 6.17. The molecule has 0 N–H and O–H groups in total. The van der Waals surface area contributed by atoms with Crippen LogP contribution in [0.2, 0.25) is 0 Å². The quantitative estimate of drug-likeness (QED) is 0.370. The number of nitrogens with zero attached hydrogens (tertiary/aromatic N) is 1. The molecule has 0 fully saturated rings. The highest BCUT2D eigenvalue weighted by molar-refractivity contribution is 5.89. The van der Waals surface area contributed by atoms with Crippen LogP contribution < -0.4 is 23.0 Å². The van der Waals surface area contributed by atoms with E-state index in [9.17, 15) is 0 Å². The van der Waals surface area contributed by atoms with Crippen LogP contribution in [0, 0.1) is 24.1 Å². The second-order valence-electron chi connectivity index (χ2n) is 4.71. The minimum absolute atomic E-state index is 1.24. The van der Waals surface area contributed by atoms with Gasteiger partial charge in [-0.25, -0.2) is 18.6 Å². The van der Waals surface area contributed by atoms with Gasteiger partial charge in [-0.3, -0.25) is 0 Å². The average Bonchev–Trinajstić information content (AvgIpc) is 2.40. The third-order valence-electron chi connectivity index (χ3n) is 3.21. The summed E-state index contributed by atoms with van der Waals surface area (Å²) in [5, 5.41) is 2.69. The number of aryl methyl sites for hydroxylation is 2. The summed E-state index contributed by atoms with van der Waals surface area (Å²) in [6, 6.07) is 12.9. The lowest BCUT2D eigenvalue weighted by Crippen LogP contribution is -2.68. The van der Waals surface area contributed by atoms with Crippen LogP contribution in [0.15, 0.2) is 48.8 Å². The molecule has 2 heterocycles. The Morgan fingerprint density at radius 3 is 2.05 bits per heavy atom. The number of fused-ring (bicyclic) bond motifs is 2. The fraction of sp³-hybridized carbons (Fsp3) is 0.133. The Labute approximate surface area is 124 Å². The summed E-state index contributed by atoms with van der Waals surface area (Å²) >= 11 is 0. The van der Waals surface area contributed by atoms with Crippen molar-refractivity contribution in [3.05, 3.63) is 59.9 Å². The Balaban J connectivity index is 0.000000282. The highest BCUT2D eigenvalue weighted by Gasteiger charge is 2.07. The third-order valence-corrected chi connectivity index (χ3v) is 3.21. The summed E-state index contributed by atoms with van der Waals surface area (Å²) in [4.78, 5) is 0. The maximum Gasteiger partial charge on any atom is 0.211 e. The summed E-state index contributed by atoms with van der Waals surface area (Å²) < 4.78 is 36.1. The van der Waals surface area contributed by atoms with Gasteiger partial charge in [0.2, 0.25) is 5.52 Å². The van der Waals surface area contributed by atoms with E-state index in [0.29, 0.717) is 0 Å². The van der Waals surface area contributed by atoms with Crippen LogP contribution in [0.4, 0.5) is 0 Å². The van der Waals surface area contributed by atoms with Gasteiger partial charge in [-0.2, -0.15) is 4.40 Å². The lowest BCUT2D eigenvalue weighted by molar-refractivity contribution is -2.00. The fourth-order valence-electron chi connectivity index (χ4n) is 2.21. The molecule has 0 saturated carbocycles. The lowest BCUT2D eigenvalue weighted by atomic mass is 10.0. The highest BCUT2D eigenvalue weighted by Crippen LogP contribution is 2.21. The SMILES string of the molecule is Cc1ccc(C)c2c[n+]3ccccc3cc12.[O-][Cl+3]([O-])([O-])[O-]. The van der Waals surface area contributed by atoms with Crippen molar-refractivity contribution >= 4 is 16.3 Å². The molecule has 0 radical (unpaired) electrons. The minimum Gasteiger partial charge on any atom is -0.222 e. The molecule has 1 aromatic carbocycles. The predicted octanol–water partition coefficient (Wildman–Crippen LogP) is -1.56. The van der Waals surface area contributed by atoms with Gasteiger partial charge >= 0.3 is 0 Å². The van der Waals surface area contributed by atoms with Gasteiger partial charge in [0.05, 0.1) is 0 Å². The number of rotatable bonds is 0. The summed E-state index contributed by atoms with van der Waals surface area (Å²) in [7, 11) is -4.94. The van der Waals surface area contributed by atoms with Crippen molar-refractivity contribution in [1.82, 2.24) is 0 Å². The van der Waals surface area contributed by atoms with E-state index in [1.165, 1.54) is 27.4 Å². The Bertz CT molecular complexity index is 718. The molecule has 0 spiro atoms. The van der Waals surface area contributed by atoms with Gasteiger partial charge in [0, 0.05) is 23.6 Å². The fourth-order valence-corrected chi connectivity index (χ4v) is 2.21. The third kappa shape index (κ3) is 4.10. The molecule has 0 atom stereocenters. The van der Waals surface area contributed by atoms with E-state index in [2.05, 4.69) is 67.0 Å². The summed E-state index contributed by atoms with van der Waals surface area (Å²) in [5.41, 5.74) is 3.91. The summed E-state index contributed by atoms with van der Waals surface area (Å²) in [6.07, 6.45) is 4.31. The standard InChI is InChI=1S/C15H14N.ClHO4/c1-11-6-7-12(2)15-10-16-8-4-3-5-13(16)9-14(11)15;2-1(3,4)5/h3-10H,1-2H3;(H,2,3,4,5)/q+1;/p-1. The van der Waals surface area contributed by atoms with E-state index in [1.807, 2.05) is 0 Å². The van der Waals surface area contributed by atoms with E-state index in [1.54, 1.807) is 0 Å². The molecule has 3 aromatic rings. The second-order valence-corrected chi connectivity index (χ2v) is 5.47. The predicted molar refractivity (Wildman–Crippen MR) is 66.6 cm³/mol. The van der Waals surface area contributed by atoms with Crippen LogP contribution in [-0.2, 0) is 0 Å². The molecule has 3 rings (SSSR count). The molecular weight excluding hydrogens is 294 g/mol. The normalized spacial score (nSPS) is 11.3. The molecule has 110 valence electrons. The molecule has 6 heteroatoms. The topological polar surface area (TPSA) is 96.3 Å². The van der Waals surface area contributed by atoms with Crippen LogP contribution >= 0.6 is 0 Å². The van der Waals surface area contributed by atoms with E-state index >= 15 is 0 Å². The van der Waals surface area contributed by atoms with Crippen molar-refractivity contribution in [2.24, 2.45) is 0 Å². The lowest BCUT2D eigenvalue weighted by Gasteiger charge is -2.17. The number of pyridine rings is 2. The maximum atomic E-state index is 8.49. The van der Waals surface area contributed by atoms with Gasteiger partial charge in [0.1, 0.15) is 0 Å². The Morgan fingerprint density at radius 1 is 0.857 bits per heavy atom. The Kier molecular flexibility index (Phi) is 4.41. The molecular formula is C15H14ClNO4. The van der Waals surface area contributed by atoms with Gasteiger partial charge in [0.25, 0.3) is 0 Å². The average molecular weight is 308 g/mol. The zero-order valence-corrected chi connectivity index (χ0v) is 12.3. The molecule has 0 unspecified atom stereocenters. The minimum atomic E-state index is -4.94. The Morgan fingerprint density at radius 2 is 1.43 bits per heavy atom. The van der Waals surface area contributed by atoms with Gasteiger partial charge in [-0.1, -0.05) is 12.1 Å². The molecule has 0 bridgehead atoms. The maximum absolute atomic E-state index is 8.49. The first kappa shape index (κ1) is 15.6. The van der Waals surface area contributed by atoms with E-state index in [-0.39, 0.29) is 0 Å². The van der Waals surface area contributed by atoms with Gasteiger partial charge in [0.15, 0.2) is 12.4 Å². The first-order valence-corrected chi connectivity index (χ1v) is 7.41.